The van der Waals surface area contributed by atoms with Crippen LogP contribution in [0.1, 0.15) is 30.0 Å². The fourth-order valence-corrected chi connectivity index (χ4v) is 5.17. The zero-order valence-electron chi connectivity index (χ0n) is 21.1. The largest absolute Gasteiger partial charge is 0.299 e. The molecule has 38 heavy (non-hydrogen) atoms. The third-order valence-electron chi connectivity index (χ3n) is 7.23. The van der Waals surface area contributed by atoms with E-state index < -0.39 is 0 Å². The number of rotatable bonds is 6. The topological polar surface area (TPSA) is 70.6 Å². The Hall–Kier alpha value is -4.60. The molecule has 3 aromatic heterocycles. The van der Waals surface area contributed by atoms with Crippen LogP contribution >= 0.6 is 0 Å². The van der Waals surface area contributed by atoms with Gasteiger partial charge in [0.05, 0.1) is 29.2 Å². The maximum absolute atomic E-state index is 9.39. The molecular formula is C32H28N6. The highest BCUT2D eigenvalue weighted by Crippen LogP contribution is 2.32. The van der Waals surface area contributed by atoms with E-state index in [2.05, 4.69) is 73.3 Å². The molecule has 2 aromatic carbocycles. The first-order chi connectivity index (χ1) is 18.8. The SMILES string of the molecule is N#Cc1cnc(-c2ccc(CN3CCC(n4cc(-c5ccccn5)cn4)CC3)cc2)c(-c2ccccc2)c1. The minimum absolute atomic E-state index is 0.421. The summed E-state index contributed by atoms with van der Waals surface area (Å²) in [5, 5.41) is 14.0. The lowest BCUT2D eigenvalue weighted by Crippen LogP contribution is -2.34. The molecule has 1 aliphatic rings. The Bertz CT molecular complexity index is 1540. The molecule has 0 atom stereocenters. The van der Waals surface area contributed by atoms with Crippen LogP contribution in [0, 0.1) is 11.3 Å². The lowest BCUT2D eigenvalue weighted by atomic mass is 9.97. The van der Waals surface area contributed by atoms with Gasteiger partial charge in [0, 0.05) is 54.9 Å². The van der Waals surface area contributed by atoms with E-state index in [4.69, 9.17) is 0 Å². The van der Waals surface area contributed by atoms with Crippen LogP contribution in [0.4, 0.5) is 0 Å². The number of aromatic nitrogens is 4. The van der Waals surface area contributed by atoms with Crippen molar-refractivity contribution >= 4 is 0 Å². The Labute approximate surface area is 222 Å². The number of piperidine rings is 1. The lowest BCUT2D eigenvalue weighted by Gasteiger charge is -2.32. The van der Waals surface area contributed by atoms with Gasteiger partial charge < -0.3 is 0 Å². The summed E-state index contributed by atoms with van der Waals surface area (Å²) in [5.74, 6) is 0. The second kappa shape index (κ2) is 10.8. The van der Waals surface area contributed by atoms with Crippen molar-refractivity contribution in [2.24, 2.45) is 0 Å². The fourth-order valence-electron chi connectivity index (χ4n) is 5.17. The van der Waals surface area contributed by atoms with Crippen molar-refractivity contribution in [3.05, 3.63) is 115 Å². The first-order valence-electron chi connectivity index (χ1n) is 13.0. The van der Waals surface area contributed by atoms with Crippen molar-refractivity contribution < 1.29 is 0 Å². The summed E-state index contributed by atoms with van der Waals surface area (Å²) >= 11 is 0. The van der Waals surface area contributed by atoms with Crippen LogP contribution in [0.25, 0.3) is 33.6 Å². The van der Waals surface area contributed by atoms with Crippen molar-refractivity contribution in [2.75, 3.05) is 13.1 Å². The summed E-state index contributed by atoms with van der Waals surface area (Å²) in [6.07, 6.45) is 9.68. The van der Waals surface area contributed by atoms with Gasteiger partial charge >= 0.3 is 0 Å². The number of benzene rings is 2. The molecule has 0 aliphatic carbocycles. The van der Waals surface area contributed by atoms with Gasteiger partial charge in [-0.25, -0.2) is 0 Å². The minimum atomic E-state index is 0.421. The zero-order valence-corrected chi connectivity index (χ0v) is 21.1. The van der Waals surface area contributed by atoms with Gasteiger partial charge in [-0.3, -0.25) is 19.5 Å². The van der Waals surface area contributed by atoms with Crippen molar-refractivity contribution in [3.63, 3.8) is 0 Å². The van der Waals surface area contributed by atoms with Gasteiger partial charge in [0.1, 0.15) is 6.07 Å². The highest BCUT2D eigenvalue weighted by molar-refractivity contribution is 5.81. The van der Waals surface area contributed by atoms with E-state index in [1.54, 1.807) is 6.20 Å². The summed E-state index contributed by atoms with van der Waals surface area (Å²) in [6, 6.07) is 29.3. The van der Waals surface area contributed by atoms with Gasteiger partial charge in [-0.15, -0.1) is 0 Å². The molecule has 6 nitrogen and oxygen atoms in total. The van der Waals surface area contributed by atoms with Crippen molar-refractivity contribution in [1.82, 2.24) is 24.6 Å². The quantitative estimate of drug-likeness (QED) is 0.273. The van der Waals surface area contributed by atoms with Crippen LogP contribution in [0.2, 0.25) is 0 Å². The monoisotopic (exact) mass is 496 g/mol. The van der Waals surface area contributed by atoms with Gasteiger partial charge in [0.25, 0.3) is 0 Å². The maximum atomic E-state index is 9.39. The van der Waals surface area contributed by atoms with Crippen LogP contribution in [-0.2, 0) is 6.54 Å². The second-order valence-electron chi connectivity index (χ2n) is 9.73. The van der Waals surface area contributed by atoms with E-state index in [1.165, 1.54) is 5.56 Å². The van der Waals surface area contributed by atoms with Gasteiger partial charge in [0.15, 0.2) is 0 Å². The molecule has 1 fully saturated rings. The molecule has 0 unspecified atom stereocenters. The van der Waals surface area contributed by atoms with E-state index in [-0.39, 0.29) is 0 Å². The number of hydrogen-bond acceptors (Lipinski definition) is 5. The van der Waals surface area contributed by atoms with Gasteiger partial charge in [-0.1, -0.05) is 60.7 Å². The molecular weight excluding hydrogens is 468 g/mol. The molecule has 0 bridgehead atoms. The van der Waals surface area contributed by atoms with Crippen molar-refractivity contribution in [2.45, 2.75) is 25.4 Å². The molecule has 186 valence electrons. The Balaban J connectivity index is 1.11. The average Bonchev–Trinajstić information content (AvgIpc) is 3.49. The predicted molar refractivity (Wildman–Crippen MR) is 149 cm³/mol. The molecule has 5 aromatic rings. The van der Waals surface area contributed by atoms with E-state index in [9.17, 15) is 5.26 Å². The van der Waals surface area contributed by atoms with Crippen LogP contribution in [0.3, 0.4) is 0 Å². The van der Waals surface area contributed by atoms with Crippen molar-refractivity contribution in [1.29, 1.82) is 5.26 Å². The highest BCUT2D eigenvalue weighted by Gasteiger charge is 2.21. The zero-order chi connectivity index (χ0) is 25.7. The average molecular weight is 497 g/mol. The number of nitrogens with zero attached hydrogens (tertiary/aromatic N) is 6. The maximum Gasteiger partial charge on any atom is 0.101 e. The molecule has 0 spiro atoms. The first-order valence-corrected chi connectivity index (χ1v) is 13.0. The standard InChI is InChI=1S/C32H28N6/c33-19-25-18-30(26-6-2-1-3-7-26)32(35-20-25)27-11-9-24(10-12-27)22-37-16-13-29(14-17-37)38-23-28(21-36-38)31-8-4-5-15-34-31/h1-12,15,18,20-21,23,29H,13-14,16-17,22H2. The van der Waals surface area contributed by atoms with Crippen molar-refractivity contribution in [3.8, 4) is 39.7 Å². The third-order valence-corrected chi connectivity index (χ3v) is 7.23. The van der Waals surface area contributed by atoms with E-state index in [0.717, 1.165) is 66.1 Å². The third kappa shape index (κ3) is 5.10. The molecule has 0 N–H and O–H groups in total. The summed E-state index contributed by atoms with van der Waals surface area (Å²) < 4.78 is 2.12. The smallest absolute Gasteiger partial charge is 0.101 e. The Morgan fingerprint density at radius 3 is 2.34 bits per heavy atom. The lowest BCUT2D eigenvalue weighted by molar-refractivity contribution is 0.173. The minimum Gasteiger partial charge on any atom is -0.299 e. The second-order valence-corrected chi connectivity index (χ2v) is 9.73. The first kappa shape index (κ1) is 23.8. The molecule has 1 saturated heterocycles. The van der Waals surface area contributed by atoms with E-state index in [0.29, 0.717) is 11.6 Å². The summed E-state index contributed by atoms with van der Waals surface area (Å²) in [6.45, 7) is 3.01. The molecule has 1 aliphatic heterocycles. The van der Waals surface area contributed by atoms with Gasteiger partial charge in [0.2, 0.25) is 0 Å². The Morgan fingerprint density at radius 1 is 0.816 bits per heavy atom. The molecule has 0 radical (unpaired) electrons. The van der Waals surface area contributed by atoms with E-state index in [1.807, 2.05) is 54.9 Å². The summed E-state index contributed by atoms with van der Waals surface area (Å²) in [4.78, 5) is 11.6. The van der Waals surface area contributed by atoms with Crippen LogP contribution in [-0.4, -0.2) is 37.7 Å². The van der Waals surface area contributed by atoms with Gasteiger partial charge in [-0.05, 0) is 42.2 Å². The molecule has 0 amide bonds. The fraction of sp³-hybridized carbons (Fsp3) is 0.188. The summed E-state index contributed by atoms with van der Waals surface area (Å²) in [7, 11) is 0. The van der Waals surface area contributed by atoms with Gasteiger partial charge in [-0.2, -0.15) is 10.4 Å². The highest BCUT2D eigenvalue weighted by atomic mass is 15.3. The molecule has 6 rings (SSSR count). The molecule has 6 heteroatoms. The van der Waals surface area contributed by atoms with Crippen LogP contribution < -0.4 is 0 Å². The molecule has 0 saturated carbocycles. The Morgan fingerprint density at radius 2 is 1.61 bits per heavy atom. The Kier molecular flexibility index (Phi) is 6.75. The number of nitriles is 1. The number of hydrogen-bond donors (Lipinski definition) is 0. The number of pyridine rings is 2. The van der Waals surface area contributed by atoms with E-state index >= 15 is 0 Å². The predicted octanol–water partition coefficient (Wildman–Crippen LogP) is 6.38. The molecule has 4 heterocycles. The number of likely N-dealkylation sites (tertiary alicyclic amines) is 1. The van der Waals surface area contributed by atoms with Crippen LogP contribution in [0.5, 0.6) is 0 Å². The summed E-state index contributed by atoms with van der Waals surface area (Å²) in [5.41, 5.74) is 7.87. The normalized spacial score (nSPS) is 14.3. The van der Waals surface area contributed by atoms with Crippen LogP contribution in [0.15, 0.2) is 104 Å².